The lowest BCUT2D eigenvalue weighted by atomic mass is 10.2. The van der Waals surface area contributed by atoms with Gasteiger partial charge in [0.05, 0.1) is 11.9 Å². The van der Waals surface area contributed by atoms with Crippen LogP contribution in [0.5, 0.6) is 0 Å². The Morgan fingerprint density at radius 1 is 1.26 bits per heavy atom. The van der Waals surface area contributed by atoms with Gasteiger partial charge in [-0.1, -0.05) is 13.8 Å². The van der Waals surface area contributed by atoms with Crippen molar-refractivity contribution in [3.8, 4) is 0 Å². The van der Waals surface area contributed by atoms with Crippen LogP contribution in [0.3, 0.4) is 0 Å². The van der Waals surface area contributed by atoms with Gasteiger partial charge in [0.25, 0.3) is 0 Å². The SMILES string of the molecule is Cc1ccc(N2CCN(CC(C)C)CCC2=O)cn1. The van der Waals surface area contributed by atoms with Crippen LogP contribution in [-0.4, -0.2) is 42.0 Å². The molecule has 2 heterocycles. The fourth-order valence-corrected chi connectivity index (χ4v) is 2.46. The number of pyridine rings is 1. The summed E-state index contributed by atoms with van der Waals surface area (Å²) in [6.07, 6.45) is 2.39. The molecular weight excluding hydrogens is 238 g/mol. The highest BCUT2D eigenvalue weighted by molar-refractivity contribution is 5.93. The number of nitrogens with zero attached hydrogens (tertiary/aromatic N) is 3. The van der Waals surface area contributed by atoms with Crippen molar-refractivity contribution < 1.29 is 4.79 Å². The number of anilines is 1. The molecule has 0 atom stereocenters. The molecule has 0 aliphatic carbocycles. The first-order chi connectivity index (χ1) is 9.06. The highest BCUT2D eigenvalue weighted by Gasteiger charge is 2.22. The van der Waals surface area contributed by atoms with Gasteiger partial charge in [-0.3, -0.25) is 9.78 Å². The summed E-state index contributed by atoms with van der Waals surface area (Å²) in [5.41, 5.74) is 1.90. The second-order valence-electron chi connectivity index (χ2n) is 5.65. The van der Waals surface area contributed by atoms with Gasteiger partial charge >= 0.3 is 0 Å². The molecule has 0 N–H and O–H groups in total. The third kappa shape index (κ3) is 3.77. The van der Waals surface area contributed by atoms with Gasteiger partial charge in [0, 0.05) is 38.3 Å². The molecule has 1 aliphatic heterocycles. The Morgan fingerprint density at radius 2 is 2.05 bits per heavy atom. The molecule has 4 heteroatoms. The maximum absolute atomic E-state index is 12.2. The molecule has 1 amide bonds. The fraction of sp³-hybridized carbons (Fsp3) is 0.600. The number of carbonyl (C=O) groups excluding carboxylic acids is 1. The molecule has 0 aromatic carbocycles. The molecule has 0 radical (unpaired) electrons. The molecule has 1 saturated heterocycles. The number of aromatic nitrogens is 1. The van der Waals surface area contributed by atoms with Crippen molar-refractivity contribution >= 4 is 11.6 Å². The lowest BCUT2D eigenvalue weighted by Gasteiger charge is -2.23. The minimum Gasteiger partial charge on any atom is -0.310 e. The van der Waals surface area contributed by atoms with E-state index in [0.717, 1.165) is 37.6 Å². The lowest BCUT2D eigenvalue weighted by molar-refractivity contribution is -0.118. The molecule has 19 heavy (non-hydrogen) atoms. The summed E-state index contributed by atoms with van der Waals surface area (Å²) in [6, 6.07) is 3.94. The van der Waals surface area contributed by atoms with E-state index >= 15 is 0 Å². The predicted octanol–water partition coefficient (Wildman–Crippen LogP) is 2.08. The number of rotatable bonds is 3. The molecule has 4 nitrogen and oxygen atoms in total. The molecule has 0 unspecified atom stereocenters. The first kappa shape index (κ1) is 14.0. The second-order valence-corrected chi connectivity index (χ2v) is 5.65. The van der Waals surface area contributed by atoms with E-state index < -0.39 is 0 Å². The molecule has 1 fully saturated rings. The molecule has 1 aliphatic rings. The van der Waals surface area contributed by atoms with Crippen molar-refractivity contribution in [2.45, 2.75) is 27.2 Å². The lowest BCUT2D eigenvalue weighted by Crippen LogP contribution is -2.34. The van der Waals surface area contributed by atoms with Crippen molar-refractivity contribution in [1.29, 1.82) is 0 Å². The second kappa shape index (κ2) is 6.15. The van der Waals surface area contributed by atoms with Crippen LogP contribution in [0.2, 0.25) is 0 Å². The average molecular weight is 261 g/mol. The highest BCUT2D eigenvalue weighted by atomic mass is 16.2. The van der Waals surface area contributed by atoms with E-state index in [1.165, 1.54) is 0 Å². The van der Waals surface area contributed by atoms with E-state index in [2.05, 4.69) is 23.7 Å². The van der Waals surface area contributed by atoms with Crippen molar-refractivity contribution in [2.24, 2.45) is 5.92 Å². The van der Waals surface area contributed by atoms with Crippen molar-refractivity contribution in [2.75, 3.05) is 31.1 Å². The first-order valence-corrected chi connectivity index (χ1v) is 7.01. The summed E-state index contributed by atoms with van der Waals surface area (Å²) >= 11 is 0. The zero-order valence-corrected chi connectivity index (χ0v) is 12.1. The van der Waals surface area contributed by atoms with Crippen LogP contribution in [0.1, 0.15) is 26.0 Å². The van der Waals surface area contributed by atoms with Gasteiger partial charge in [-0.05, 0) is 25.0 Å². The first-order valence-electron chi connectivity index (χ1n) is 7.01. The minimum absolute atomic E-state index is 0.205. The van der Waals surface area contributed by atoms with Crippen LogP contribution >= 0.6 is 0 Å². The third-order valence-electron chi connectivity index (χ3n) is 3.41. The van der Waals surface area contributed by atoms with Crippen LogP contribution in [0, 0.1) is 12.8 Å². The Labute approximate surface area is 115 Å². The number of hydrogen-bond donors (Lipinski definition) is 0. The van der Waals surface area contributed by atoms with Crippen molar-refractivity contribution in [3.63, 3.8) is 0 Å². The van der Waals surface area contributed by atoms with Gasteiger partial charge in [0.1, 0.15) is 0 Å². The van der Waals surface area contributed by atoms with Gasteiger partial charge in [-0.25, -0.2) is 0 Å². The largest absolute Gasteiger partial charge is 0.310 e. The van der Waals surface area contributed by atoms with Gasteiger partial charge in [-0.2, -0.15) is 0 Å². The van der Waals surface area contributed by atoms with Crippen LogP contribution < -0.4 is 4.90 Å². The predicted molar refractivity (Wildman–Crippen MR) is 77.2 cm³/mol. The zero-order valence-electron chi connectivity index (χ0n) is 12.1. The van der Waals surface area contributed by atoms with Gasteiger partial charge in [0.15, 0.2) is 0 Å². The molecule has 104 valence electrons. The highest BCUT2D eigenvalue weighted by Crippen LogP contribution is 2.17. The summed E-state index contributed by atoms with van der Waals surface area (Å²) in [6.45, 7) is 10.0. The van der Waals surface area contributed by atoms with Gasteiger partial charge in [-0.15, -0.1) is 0 Å². The number of amides is 1. The number of aryl methyl sites for hydroxylation is 1. The van der Waals surface area contributed by atoms with Crippen LogP contribution in [-0.2, 0) is 4.79 Å². The fourth-order valence-electron chi connectivity index (χ4n) is 2.46. The van der Waals surface area contributed by atoms with E-state index in [1.54, 1.807) is 6.20 Å². The maximum Gasteiger partial charge on any atom is 0.228 e. The Kier molecular flexibility index (Phi) is 4.53. The average Bonchev–Trinajstić information content (AvgIpc) is 2.53. The molecule has 0 bridgehead atoms. The maximum atomic E-state index is 12.2. The quantitative estimate of drug-likeness (QED) is 0.836. The monoisotopic (exact) mass is 261 g/mol. The van der Waals surface area contributed by atoms with E-state index in [9.17, 15) is 4.79 Å². The smallest absolute Gasteiger partial charge is 0.228 e. The standard InChI is InChI=1S/C15H23N3O/c1-12(2)11-17-7-6-15(19)18(9-8-17)14-5-4-13(3)16-10-14/h4-5,10,12H,6-9,11H2,1-3H3. The molecule has 1 aromatic heterocycles. The van der Waals surface area contributed by atoms with Crippen molar-refractivity contribution in [3.05, 3.63) is 24.0 Å². The number of hydrogen-bond acceptors (Lipinski definition) is 3. The topological polar surface area (TPSA) is 36.4 Å². The van der Waals surface area contributed by atoms with Crippen LogP contribution in [0.4, 0.5) is 5.69 Å². The van der Waals surface area contributed by atoms with E-state index in [0.29, 0.717) is 12.3 Å². The van der Waals surface area contributed by atoms with E-state index in [4.69, 9.17) is 0 Å². The number of carbonyl (C=O) groups is 1. The Morgan fingerprint density at radius 3 is 2.68 bits per heavy atom. The molecule has 2 rings (SSSR count). The molecule has 0 saturated carbocycles. The Bertz CT molecular complexity index is 428. The summed E-state index contributed by atoms with van der Waals surface area (Å²) in [5.74, 6) is 0.847. The molecule has 0 spiro atoms. The summed E-state index contributed by atoms with van der Waals surface area (Å²) in [4.78, 5) is 20.7. The minimum atomic E-state index is 0.205. The van der Waals surface area contributed by atoms with Crippen molar-refractivity contribution in [1.82, 2.24) is 9.88 Å². The summed E-state index contributed by atoms with van der Waals surface area (Å²) < 4.78 is 0. The Balaban J connectivity index is 2.06. The van der Waals surface area contributed by atoms with Gasteiger partial charge in [0.2, 0.25) is 5.91 Å². The van der Waals surface area contributed by atoms with E-state index in [1.807, 2.05) is 24.0 Å². The Hall–Kier alpha value is -1.42. The summed E-state index contributed by atoms with van der Waals surface area (Å²) in [7, 11) is 0. The van der Waals surface area contributed by atoms with Crippen LogP contribution in [0.25, 0.3) is 0 Å². The molecular formula is C15H23N3O. The third-order valence-corrected chi connectivity index (χ3v) is 3.41. The van der Waals surface area contributed by atoms with E-state index in [-0.39, 0.29) is 5.91 Å². The summed E-state index contributed by atoms with van der Waals surface area (Å²) in [5, 5.41) is 0. The van der Waals surface area contributed by atoms with Crippen LogP contribution in [0.15, 0.2) is 18.3 Å². The van der Waals surface area contributed by atoms with Gasteiger partial charge < -0.3 is 9.80 Å². The molecule has 1 aromatic rings. The zero-order chi connectivity index (χ0) is 13.8. The normalized spacial score (nSPS) is 17.9.